The molecule has 1 N–H and O–H groups in total. The number of rotatable bonds is 6. The quantitative estimate of drug-likeness (QED) is 0.678. The smallest absolute Gasteiger partial charge is 0.0205 e. The lowest BCUT2D eigenvalue weighted by Crippen LogP contribution is -2.17. The molecule has 1 rings (SSSR count). The van der Waals surface area contributed by atoms with Crippen LogP contribution >= 0.6 is 0 Å². The van der Waals surface area contributed by atoms with Crippen molar-refractivity contribution >= 4 is 5.57 Å². The molecule has 0 amide bonds. The first-order valence-corrected chi connectivity index (χ1v) is 5.28. The summed E-state index contributed by atoms with van der Waals surface area (Å²) >= 11 is 0. The molecule has 0 aliphatic rings. The number of nitrogens with one attached hydrogen (secondary N) is 1. The highest BCUT2D eigenvalue weighted by Gasteiger charge is 1.96. The third kappa shape index (κ3) is 3.75. The molecule has 0 aromatic heterocycles. The van der Waals surface area contributed by atoms with E-state index in [-0.39, 0.29) is 0 Å². The monoisotopic (exact) mass is 189 g/mol. The van der Waals surface area contributed by atoms with Crippen molar-refractivity contribution in [3.05, 3.63) is 42.5 Å². The van der Waals surface area contributed by atoms with Crippen LogP contribution in [0.25, 0.3) is 5.57 Å². The maximum atomic E-state index is 4.06. The fraction of sp³-hybridized carbons (Fsp3) is 0.385. The summed E-state index contributed by atoms with van der Waals surface area (Å²) in [6.45, 7) is 8.24. The van der Waals surface area contributed by atoms with E-state index in [9.17, 15) is 0 Å². The number of hydrogen-bond acceptors (Lipinski definition) is 1. The van der Waals surface area contributed by atoms with Crippen molar-refractivity contribution in [2.45, 2.75) is 19.8 Å². The Morgan fingerprint density at radius 2 is 2.00 bits per heavy atom. The van der Waals surface area contributed by atoms with Crippen molar-refractivity contribution in [3.63, 3.8) is 0 Å². The van der Waals surface area contributed by atoms with Crippen molar-refractivity contribution in [1.82, 2.24) is 5.32 Å². The minimum absolute atomic E-state index is 0.893. The van der Waals surface area contributed by atoms with E-state index in [0.717, 1.165) is 13.1 Å². The molecule has 1 nitrogen and oxygen atoms in total. The molecule has 0 fully saturated rings. The molecular formula is C13H19N. The zero-order chi connectivity index (χ0) is 10.2. The van der Waals surface area contributed by atoms with Gasteiger partial charge >= 0.3 is 0 Å². The average Bonchev–Trinajstić information content (AvgIpc) is 2.25. The van der Waals surface area contributed by atoms with E-state index < -0.39 is 0 Å². The number of benzene rings is 1. The van der Waals surface area contributed by atoms with Crippen molar-refractivity contribution < 1.29 is 0 Å². The van der Waals surface area contributed by atoms with Crippen molar-refractivity contribution in [2.24, 2.45) is 0 Å². The Bertz CT molecular complexity index is 264. The minimum atomic E-state index is 0.893. The molecule has 1 aromatic rings. The van der Waals surface area contributed by atoms with Crippen LogP contribution in [0.3, 0.4) is 0 Å². The lowest BCUT2D eigenvalue weighted by atomic mass is 10.1. The fourth-order valence-electron chi connectivity index (χ4n) is 1.32. The van der Waals surface area contributed by atoms with Crippen molar-refractivity contribution in [1.29, 1.82) is 0 Å². The summed E-state index contributed by atoms with van der Waals surface area (Å²) in [5.74, 6) is 0. The lowest BCUT2D eigenvalue weighted by Gasteiger charge is -2.07. The molecular weight excluding hydrogens is 170 g/mol. The van der Waals surface area contributed by atoms with Gasteiger partial charge in [-0.1, -0.05) is 50.3 Å². The Kier molecular flexibility index (Phi) is 5.02. The molecule has 0 aliphatic heterocycles. The summed E-state index contributed by atoms with van der Waals surface area (Å²) in [4.78, 5) is 0. The van der Waals surface area contributed by atoms with Crippen LogP contribution in [0.4, 0.5) is 0 Å². The summed E-state index contributed by atoms with van der Waals surface area (Å²) in [5, 5.41) is 3.39. The fourth-order valence-corrected chi connectivity index (χ4v) is 1.32. The predicted octanol–water partition coefficient (Wildman–Crippen LogP) is 3.09. The van der Waals surface area contributed by atoms with E-state index in [4.69, 9.17) is 0 Å². The molecule has 0 heterocycles. The van der Waals surface area contributed by atoms with Crippen molar-refractivity contribution in [3.8, 4) is 0 Å². The molecule has 0 unspecified atom stereocenters. The predicted molar refractivity (Wildman–Crippen MR) is 63.3 cm³/mol. The van der Waals surface area contributed by atoms with Crippen LogP contribution in [0.1, 0.15) is 25.3 Å². The van der Waals surface area contributed by atoms with Crippen LogP contribution < -0.4 is 5.32 Å². The molecule has 1 aromatic carbocycles. The Hall–Kier alpha value is -1.08. The van der Waals surface area contributed by atoms with Gasteiger partial charge in [-0.15, -0.1) is 0 Å². The Labute approximate surface area is 86.8 Å². The number of hydrogen-bond donors (Lipinski definition) is 1. The first kappa shape index (κ1) is 11.0. The normalized spacial score (nSPS) is 10.1. The molecule has 0 bridgehead atoms. The van der Waals surface area contributed by atoms with E-state index in [0.29, 0.717) is 0 Å². The van der Waals surface area contributed by atoms with Gasteiger partial charge < -0.3 is 5.32 Å². The summed E-state index contributed by atoms with van der Waals surface area (Å²) in [5.41, 5.74) is 2.40. The molecule has 0 saturated carbocycles. The summed E-state index contributed by atoms with van der Waals surface area (Å²) in [7, 11) is 0. The highest BCUT2D eigenvalue weighted by atomic mass is 14.8. The van der Waals surface area contributed by atoms with Crippen LogP contribution in [-0.4, -0.2) is 13.1 Å². The van der Waals surface area contributed by atoms with Crippen LogP contribution in [0.2, 0.25) is 0 Å². The van der Waals surface area contributed by atoms with E-state index >= 15 is 0 Å². The molecule has 0 saturated heterocycles. The van der Waals surface area contributed by atoms with Gasteiger partial charge in [0.2, 0.25) is 0 Å². The molecule has 0 spiro atoms. The largest absolute Gasteiger partial charge is 0.313 e. The van der Waals surface area contributed by atoms with Gasteiger partial charge in [0, 0.05) is 6.54 Å². The average molecular weight is 189 g/mol. The van der Waals surface area contributed by atoms with Gasteiger partial charge in [0.15, 0.2) is 0 Å². The van der Waals surface area contributed by atoms with Gasteiger partial charge in [0.1, 0.15) is 0 Å². The summed E-state index contributed by atoms with van der Waals surface area (Å²) < 4.78 is 0. The van der Waals surface area contributed by atoms with E-state index in [1.165, 1.54) is 24.0 Å². The minimum Gasteiger partial charge on any atom is -0.313 e. The second-order valence-electron chi connectivity index (χ2n) is 3.50. The molecule has 76 valence electrons. The molecule has 14 heavy (non-hydrogen) atoms. The standard InChI is InChI=1S/C13H19N/c1-3-4-10-14-11-12(2)13-8-6-5-7-9-13/h5-9,14H,2-4,10-11H2,1H3. The van der Waals surface area contributed by atoms with Gasteiger partial charge in [-0.2, -0.15) is 0 Å². The molecule has 0 atom stereocenters. The molecule has 0 aliphatic carbocycles. The Morgan fingerprint density at radius 1 is 1.29 bits per heavy atom. The maximum absolute atomic E-state index is 4.06. The second kappa shape index (κ2) is 6.39. The van der Waals surface area contributed by atoms with Crippen LogP contribution in [-0.2, 0) is 0 Å². The van der Waals surface area contributed by atoms with Gasteiger partial charge in [0.05, 0.1) is 0 Å². The van der Waals surface area contributed by atoms with E-state index in [2.05, 4.69) is 31.0 Å². The van der Waals surface area contributed by atoms with Crippen molar-refractivity contribution in [2.75, 3.05) is 13.1 Å². The zero-order valence-corrected chi connectivity index (χ0v) is 8.92. The third-order valence-corrected chi connectivity index (χ3v) is 2.23. The third-order valence-electron chi connectivity index (χ3n) is 2.23. The first-order chi connectivity index (χ1) is 6.84. The molecule has 0 radical (unpaired) electrons. The zero-order valence-electron chi connectivity index (χ0n) is 8.92. The highest BCUT2D eigenvalue weighted by molar-refractivity contribution is 5.64. The highest BCUT2D eigenvalue weighted by Crippen LogP contribution is 2.09. The second-order valence-corrected chi connectivity index (χ2v) is 3.50. The summed E-state index contributed by atoms with van der Waals surface area (Å²) in [6.07, 6.45) is 2.48. The maximum Gasteiger partial charge on any atom is 0.0205 e. The SMILES string of the molecule is C=C(CNCCCC)c1ccccc1. The van der Waals surface area contributed by atoms with Crippen LogP contribution in [0, 0.1) is 0 Å². The number of unbranched alkanes of at least 4 members (excludes halogenated alkanes) is 1. The van der Waals surface area contributed by atoms with E-state index in [1.807, 2.05) is 18.2 Å². The molecule has 1 heteroatoms. The van der Waals surface area contributed by atoms with Crippen LogP contribution in [0.5, 0.6) is 0 Å². The van der Waals surface area contributed by atoms with Crippen LogP contribution in [0.15, 0.2) is 36.9 Å². The van der Waals surface area contributed by atoms with Gasteiger partial charge in [-0.25, -0.2) is 0 Å². The van der Waals surface area contributed by atoms with Gasteiger partial charge in [0.25, 0.3) is 0 Å². The topological polar surface area (TPSA) is 12.0 Å². The lowest BCUT2D eigenvalue weighted by molar-refractivity contribution is 0.686. The van der Waals surface area contributed by atoms with E-state index in [1.54, 1.807) is 0 Å². The van der Waals surface area contributed by atoms with Gasteiger partial charge in [-0.3, -0.25) is 0 Å². The first-order valence-electron chi connectivity index (χ1n) is 5.28. The summed E-state index contributed by atoms with van der Waals surface area (Å²) in [6, 6.07) is 10.3. The Balaban J connectivity index is 2.29. The Morgan fingerprint density at radius 3 is 2.64 bits per heavy atom. The van der Waals surface area contributed by atoms with Gasteiger partial charge in [-0.05, 0) is 24.1 Å².